The number of rotatable bonds is 6. The molecule has 0 aliphatic heterocycles. The number of nitrogens with zero attached hydrogens (tertiary/aromatic N) is 2. The number of aryl methyl sites for hydroxylation is 2. The van der Waals surface area contributed by atoms with Crippen molar-refractivity contribution in [3.63, 3.8) is 0 Å². The van der Waals surface area contributed by atoms with E-state index in [1.165, 1.54) is 25.2 Å². The maximum atomic E-state index is 12.0. The van der Waals surface area contributed by atoms with E-state index >= 15 is 0 Å². The first-order valence-electron chi connectivity index (χ1n) is 12.7. The molecule has 0 radical (unpaired) electrons. The van der Waals surface area contributed by atoms with Gasteiger partial charge in [0.15, 0.2) is 5.75 Å². The van der Waals surface area contributed by atoms with Crippen molar-refractivity contribution in [3.05, 3.63) is 68.9 Å². The molecule has 0 bridgehead atoms. The van der Waals surface area contributed by atoms with E-state index in [1.807, 2.05) is 30.5 Å². The monoisotopic (exact) mass is 551 g/mol. The molecule has 36 heavy (non-hydrogen) atoms. The van der Waals surface area contributed by atoms with Gasteiger partial charge in [0.05, 0.1) is 11.2 Å². The van der Waals surface area contributed by atoms with Crippen LogP contribution in [-0.2, 0) is 19.3 Å². The molecule has 0 spiro atoms. The molecular weight excluding hydrogens is 518 g/mol. The number of benzene rings is 2. The van der Waals surface area contributed by atoms with Gasteiger partial charge in [0, 0.05) is 33.4 Å². The van der Waals surface area contributed by atoms with Crippen molar-refractivity contribution in [1.29, 1.82) is 0 Å². The van der Waals surface area contributed by atoms with Gasteiger partial charge in [-0.2, -0.15) is 0 Å². The highest BCUT2D eigenvalue weighted by Crippen LogP contribution is 2.36. The van der Waals surface area contributed by atoms with E-state index in [0.29, 0.717) is 23.0 Å². The Labute approximate surface area is 220 Å². The molecule has 2 aromatic heterocycles. The number of fused-ring (bicyclic) bond motifs is 4. The van der Waals surface area contributed by atoms with Gasteiger partial charge in [-0.25, -0.2) is 9.78 Å². The van der Waals surface area contributed by atoms with Crippen molar-refractivity contribution in [1.82, 2.24) is 14.9 Å². The molecule has 0 unspecified atom stereocenters. The van der Waals surface area contributed by atoms with Gasteiger partial charge < -0.3 is 20.1 Å². The second-order valence-corrected chi connectivity index (χ2v) is 10.1. The summed E-state index contributed by atoms with van der Waals surface area (Å²) >= 11 is 3.50. The predicted molar refractivity (Wildman–Crippen MR) is 149 cm³/mol. The van der Waals surface area contributed by atoms with E-state index in [4.69, 9.17) is 4.98 Å². The third-order valence-corrected chi connectivity index (χ3v) is 7.67. The molecule has 4 aromatic rings. The number of aromatic carboxylic acids is 1. The third-order valence-electron chi connectivity index (χ3n) is 7.17. The number of aromatic amines is 1. The largest absolute Gasteiger partial charge is 0.505 e. The van der Waals surface area contributed by atoms with Crippen molar-refractivity contribution < 1.29 is 15.0 Å². The topological polar surface area (TPSA) is 89.5 Å². The summed E-state index contributed by atoms with van der Waals surface area (Å²) in [6.07, 6.45) is 6.33. The van der Waals surface area contributed by atoms with Gasteiger partial charge >= 0.3 is 5.97 Å². The molecule has 1 aliphatic rings. The second-order valence-electron chi connectivity index (χ2n) is 9.19. The number of aromatic nitrogens is 2. The van der Waals surface area contributed by atoms with Crippen LogP contribution in [0.15, 0.2) is 41.0 Å². The second kappa shape index (κ2) is 11.4. The van der Waals surface area contributed by atoms with Crippen LogP contribution in [-0.4, -0.2) is 50.7 Å². The van der Waals surface area contributed by atoms with Crippen molar-refractivity contribution >= 4 is 43.7 Å². The predicted octanol–water partition coefficient (Wildman–Crippen LogP) is 6.70. The molecule has 0 atom stereocenters. The van der Waals surface area contributed by atoms with Crippen LogP contribution >= 0.6 is 15.9 Å². The molecular formula is C29H34BrN3O3. The summed E-state index contributed by atoms with van der Waals surface area (Å²) in [6.45, 7) is 10.1. The van der Waals surface area contributed by atoms with E-state index in [0.717, 1.165) is 52.2 Å². The summed E-state index contributed by atoms with van der Waals surface area (Å²) in [4.78, 5) is 22.4. The summed E-state index contributed by atoms with van der Waals surface area (Å²) in [5, 5.41) is 22.2. The minimum absolute atomic E-state index is 0.0561. The number of halogens is 1. The van der Waals surface area contributed by atoms with Crippen LogP contribution in [0.5, 0.6) is 5.75 Å². The van der Waals surface area contributed by atoms with Crippen LogP contribution < -0.4 is 0 Å². The SMILES string of the molecule is CCN(CC)CC.O=C(O)c1c(O)c(Cc2c[nH]c3ccc(Br)cc23)nc2c3c(ccc12)CCCC3. The maximum Gasteiger partial charge on any atom is 0.340 e. The quantitative estimate of drug-likeness (QED) is 0.248. The molecule has 0 saturated carbocycles. The zero-order chi connectivity index (χ0) is 25.8. The highest BCUT2D eigenvalue weighted by Gasteiger charge is 2.24. The van der Waals surface area contributed by atoms with Crippen LogP contribution in [0.1, 0.15) is 66.4 Å². The Balaban J connectivity index is 0.000000384. The van der Waals surface area contributed by atoms with Crippen LogP contribution in [0.25, 0.3) is 21.8 Å². The molecule has 0 amide bonds. The standard InChI is InChI=1S/C23H19BrN2O3.C6H15N/c24-14-6-8-18-17(10-14)13(11-25-18)9-19-22(27)20(23(28)29)16-7-5-12-3-1-2-4-15(12)21(16)26-19;1-4-7(5-2)6-3/h5-8,10-11,25,27H,1-4,9H2,(H,28,29);4-6H2,1-3H3. The average molecular weight is 553 g/mol. The number of carboxylic acids is 1. The lowest BCUT2D eigenvalue weighted by Gasteiger charge is -2.19. The van der Waals surface area contributed by atoms with Gasteiger partial charge in [0.25, 0.3) is 0 Å². The van der Waals surface area contributed by atoms with Gasteiger partial charge in [0.1, 0.15) is 5.56 Å². The van der Waals surface area contributed by atoms with E-state index < -0.39 is 5.97 Å². The number of carbonyl (C=O) groups is 1. The number of carboxylic acid groups (broad SMARTS) is 1. The van der Waals surface area contributed by atoms with Crippen molar-refractivity contribution in [2.75, 3.05) is 19.6 Å². The molecule has 6 nitrogen and oxygen atoms in total. The van der Waals surface area contributed by atoms with Gasteiger partial charge in [-0.15, -0.1) is 0 Å². The molecule has 0 fully saturated rings. The first-order chi connectivity index (χ1) is 17.4. The van der Waals surface area contributed by atoms with Crippen LogP contribution in [0.2, 0.25) is 0 Å². The fraction of sp³-hybridized carbons (Fsp3) is 0.379. The first-order valence-corrected chi connectivity index (χ1v) is 13.5. The van der Waals surface area contributed by atoms with E-state index in [1.54, 1.807) is 6.07 Å². The van der Waals surface area contributed by atoms with Gasteiger partial charge in [0.2, 0.25) is 0 Å². The third kappa shape index (κ3) is 5.27. The zero-order valence-electron chi connectivity index (χ0n) is 21.2. The fourth-order valence-electron chi connectivity index (χ4n) is 5.09. The highest BCUT2D eigenvalue weighted by atomic mass is 79.9. The van der Waals surface area contributed by atoms with Crippen LogP contribution in [0, 0.1) is 0 Å². The zero-order valence-corrected chi connectivity index (χ0v) is 22.8. The Morgan fingerprint density at radius 2 is 1.78 bits per heavy atom. The number of H-pyrrole nitrogens is 1. The Morgan fingerprint density at radius 3 is 2.44 bits per heavy atom. The average Bonchev–Trinajstić information content (AvgIpc) is 3.27. The number of hydrogen-bond donors (Lipinski definition) is 3. The molecule has 7 heteroatoms. The molecule has 1 aliphatic carbocycles. The van der Waals surface area contributed by atoms with Crippen LogP contribution in [0.3, 0.4) is 0 Å². The molecule has 2 aromatic carbocycles. The van der Waals surface area contributed by atoms with Crippen molar-refractivity contribution in [2.24, 2.45) is 0 Å². The Kier molecular flexibility index (Phi) is 8.32. The Morgan fingerprint density at radius 1 is 1.06 bits per heavy atom. The van der Waals surface area contributed by atoms with Crippen LogP contribution in [0.4, 0.5) is 0 Å². The fourth-order valence-corrected chi connectivity index (χ4v) is 5.45. The lowest BCUT2D eigenvalue weighted by atomic mass is 9.88. The van der Waals surface area contributed by atoms with Crippen molar-refractivity contribution in [2.45, 2.75) is 52.9 Å². The van der Waals surface area contributed by atoms with E-state index in [2.05, 4.69) is 46.6 Å². The van der Waals surface area contributed by atoms with Gasteiger partial charge in [-0.05, 0) is 80.2 Å². The summed E-state index contributed by atoms with van der Waals surface area (Å²) in [5.41, 5.74) is 5.37. The molecule has 0 saturated heterocycles. The molecule has 190 valence electrons. The lowest BCUT2D eigenvalue weighted by molar-refractivity contribution is 0.0695. The van der Waals surface area contributed by atoms with E-state index in [9.17, 15) is 15.0 Å². The Hall–Kier alpha value is -2.90. The molecule has 3 N–H and O–H groups in total. The van der Waals surface area contributed by atoms with Crippen molar-refractivity contribution in [3.8, 4) is 5.75 Å². The Bertz CT molecular complexity index is 1390. The minimum Gasteiger partial charge on any atom is -0.505 e. The maximum absolute atomic E-state index is 12.0. The first kappa shape index (κ1) is 26.2. The summed E-state index contributed by atoms with van der Waals surface area (Å²) in [6, 6.07) is 9.74. The lowest BCUT2D eigenvalue weighted by Crippen LogP contribution is -2.21. The summed E-state index contributed by atoms with van der Waals surface area (Å²) in [7, 11) is 0. The van der Waals surface area contributed by atoms with Gasteiger partial charge in [-0.3, -0.25) is 0 Å². The minimum atomic E-state index is -1.13. The highest BCUT2D eigenvalue weighted by molar-refractivity contribution is 9.10. The number of hydrogen-bond acceptors (Lipinski definition) is 4. The summed E-state index contributed by atoms with van der Waals surface area (Å²) < 4.78 is 0.960. The van der Waals surface area contributed by atoms with E-state index in [-0.39, 0.29) is 11.3 Å². The normalized spacial score (nSPS) is 13.0. The van der Waals surface area contributed by atoms with Gasteiger partial charge in [-0.1, -0.05) is 48.8 Å². The number of pyridine rings is 1. The number of nitrogens with one attached hydrogen (secondary N) is 1. The number of aromatic hydroxyl groups is 1. The molecule has 5 rings (SSSR count). The molecule has 2 heterocycles. The smallest absolute Gasteiger partial charge is 0.340 e. The summed E-state index contributed by atoms with van der Waals surface area (Å²) in [5.74, 6) is -1.38.